The van der Waals surface area contributed by atoms with Crippen LogP contribution in [0.1, 0.15) is 45.1 Å². The lowest BCUT2D eigenvalue weighted by Gasteiger charge is -2.13. The largest absolute Gasteiger partial charge is 0.474 e. The number of hydrogen-bond acceptors (Lipinski definition) is 3. The van der Waals surface area contributed by atoms with Gasteiger partial charge in [-0.3, -0.25) is 0 Å². The molecule has 0 spiro atoms. The third kappa shape index (κ3) is 4.30. The van der Waals surface area contributed by atoms with Gasteiger partial charge < -0.3 is 10.1 Å². The lowest BCUT2D eigenvalue weighted by Crippen LogP contribution is -2.19. The number of rotatable bonds is 6. The molecule has 0 aliphatic heterocycles. The average molecular weight is 248 g/mol. The van der Waals surface area contributed by atoms with Crippen LogP contribution < -0.4 is 10.1 Å². The normalized spacial score (nSPS) is 16.4. The zero-order chi connectivity index (χ0) is 12.8. The van der Waals surface area contributed by atoms with E-state index < -0.39 is 0 Å². The highest BCUT2D eigenvalue weighted by Gasteiger charge is 2.16. The predicted octanol–water partition coefficient (Wildman–Crippen LogP) is 3.15. The summed E-state index contributed by atoms with van der Waals surface area (Å²) in [4.78, 5) is 4.30. The van der Waals surface area contributed by atoms with Crippen LogP contribution in [-0.2, 0) is 6.54 Å². The molecule has 100 valence electrons. The Kier molecular flexibility index (Phi) is 5.00. The van der Waals surface area contributed by atoms with E-state index in [4.69, 9.17) is 4.74 Å². The molecule has 1 aromatic rings. The maximum atomic E-state index is 5.90. The van der Waals surface area contributed by atoms with Gasteiger partial charge in [-0.15, -0.1) is 0 Å². The topological polar surface area (TPSA) is 34.2 Å². The van der Waals surface area contributed by atoms with Crippen molar-refractivity contribution in [3.05, 3.63) is 23.9 Å². The summed E-state index contributed by atoms with van der Waals surface area (Å²) >= 11 is 0. The van der Waals surface area contributed by atoms with Crippen molar-refractivity contribution in [2.24, 2.45) is 5.92 Å². The first kappa shape index (κ1) is 13.3. The quantitative estimate of drug-likeness (QED) is 0.839. The van der Waals surface area contributed by atoms with Gasteiger partial charge in [0, 0.05) is 18.8 Å². The highest BCUT2D eigenvalue weighted by atomic mass is 16.5. The van der Waals surface area contributed by atoms with Gasteiger partial charge in [-0.25, -0.2) is 4.98 Å². The number of hydrogen-bond donors (Lipinski definition) is 1. The molecule has 3 nitrogen and oxygen atoms in total. The Morgan fingerprint density at radius 1 is 1.39 bits per heavy atom. The molecule has 0 atom stereocenters. The van der Waals surface area contributed by atoms with Crippen LogP contribution >= 0.6 is 0 Å². The number of nitrogens with one attached hydrogen (secondary N) is 1. The van der Waals surface area contributed by atoms with E-state index in [0.29, 0.717) is 12.0 Å². The summed E-state index contributed by atoms with van der Waals surface area (Å²) in [7, 11) is 0. The summed E-state index contributed by atoms with van der Waals surface area (Å²) < 4.78 is 5.90. The lowest BCUT2D eigenvalue weighted by molar-refractivity contribution is 0.201. The summed E-state index contributed by atoms with van der Waals surface area (Å²) in [5.41, 5.74) is 1.25. The molecule has 1 fully saturated rings. The van der Waals surface area contributed by atoms with Gasteiger partial charge in [0.25, 0.3) is 0 Å². The first-order chi connectivity index (χ1) is 8.74. The van der Waals surface area contributed by atoms with Gasteiger partial charge in [0.1, 0.15) is 6.10 Å². The van der Waals surface area contributed by atoms with E-state index in [1.54, 1.807) is 0 Å². The minimum Gasteiger partial charge on any atom is -0.474 e. The van der Waals surface area contributed by atoms with E-state index >= 15 is 0 Å². The second kappa shape index (κ2) is 6.74. The minimum atomic E-state index is 0.386. The number of aromatic nitrogens is 1. The molecule has 3 heteroatoms. The third-order valence-corrected chi connectivity index (χ3v) is 3.27. The van der Waals surface area contributed by atoms with Crippen LogP contribution in [0, 0.1) is 5.92 Å². The summed E-state index contributed by atoms with van der Waals surface area (Å²) in [5.74, 6) is 1.46. The van der Waals surface area contributed by atoms with Crippen molar-refractivity contribution in [1.82, 2.24) is 10.3 Å². The van der Waals surface area contributed by atoms with E-state index in [2.05, 4.69) is 36.3 Å². The van der Waals surface area contributed by atoms with Crippen molar-refractivity contribution >= 4 is 0 Å². The van der Waals surface area contributed by atoms with E-state index in [9.17, 15) is 0 Å². The Morgan fingerprint density at radius 2 is 2.17 bits per heavy atom. The molecule has 2 rings (SSSR count). The molecule has 0 saturated heterocycles. The number of ether oxygens (including phenoxy) is 1. The second-order valence-corrected chi connectivity index (χ2v) is 5.55. The van der Waals surface area contributed by atoms with Gasteiger partial charge in [0.05, 0.1) is 0 Å². The van der Waals surface area contributed by atoms with Crippen LogP contribution in [0.4, 0.5) is 0 Å². The number of pyridine rings is 1. The summed E-state index contributed by atoms with van der Waals surface area (Å²) in [6.07, 6.45) is 7.17. The first-order valence-electron chi connectivity index (χ1n) is 7.06. The van der Waals surface area contributed by atoms with Gasteiger partial charge >= 0.3 is 0 Å². The fourth-order valence-corrected chi connectivity index (χ4v) is 2.31. The molecule has 1 N–H and O–H groups in total. The molecule has 0 aromatic carbocycles. The molecule has 1 aromatic heterocycles. The monoisotopic (exact) mass is 248 g/mol. The Morgan fingerprint density at radius 3 is 2.89 bits per heavy atom. The molecule has 1 aliphatic rings. The highest BCUT2D eigenvalue weighted by Crippen LogP contribution is 2.23. The third-order valence-electron chi connectivity index (χ3n) is 3.27. The maximum Gasteiger partial charge on any atom is 0.213 e. The van der Waals surface area contributed by atoms with Crippen LogP contribution in [0.2, 0.25) is 0 Å². The molecule has 1 saturated carbocycles. The van der Waals surface area contributed by atoms with E-state index in [0.717, 1.165) is 19.0 Å². The Balaban J connectivity index is 1.84. The predicted molar refractivity (Wildman–Crippen MR) is 73.7 cm³/mol. The fourth-order valence-electron chi connectivity index (χ4n) is 2.31. The molecular formula is C15H24N2O. The maximum absolute atomic E-state index is 5.90. The summed E-state index contributed by atoms with van der Waals surface area (Å²) in [6.45, 7) is 6.37. The van der Waals surface area contributed by atoms with E-state index in [1.807, 2.05) is 6.20 Å². The standard InChI is InChI=1S/C15H24N2O/c1-12(2)10-16-11-13-7-8-17-15(9-13)18-14-5-3-4-6-14/h7-9,12,14,16H,3-6,10-11H2,1-2H3. The van der Waals surface area contributed by atoms with Crippen molar-refractivity contribution in [2.75, 3.05) is 6.54 Å². The zero-order valence-corrected chi connectivity index (χ0v) is 11.5. The molecule has 0 amide bonds. The second-order valence-electron chi connectivity index (χ2n) is 5.55. The van der Waals surface area contributed by atoms with Crippen LogP contribution in [0.15, 0.2) is 18.3 Å². The molecule has 18 heavy (non-hydrogen) atoms. The first-order valence-corrected chi connectivity index (χ1v) is 7.06. The molecule has 0 bridgehead atoms. The molecule has 0 unspecified atom stereocenters. The number of nitrogens with zero attached hydrogens (tertiary/aromatic N) is 1. The van der Waals surface area contributed by atoms with Crippen LogP contribution in [0.25, 0.3) is 0 Å². The van der Waals surface area contributed by atoms with Crippen molar-refractivity contribution in [2.45, 2.75) is 52.2 Å². The highest BCUT2D eigenvalue weighted by molar-refractivity contribution is 5.20. The Labute approximate surface area is 110 Å². The van der Waals surface area contributed by atoms with Crippen molar-refractivity contribution < 1.29 is 4.74 Å². The van der Waals surface area contributed by atoms with Crippen LogP contribution in [-0.4, -0.2) is 17.6 Å². The van der Waals surface area contributed by atoms with Gasteiger partial charge in [-0.1, -0.05) is 13.8 Å². The minimum absolute atomic E-state index is 0.386. The van der Waals surface area contributed by atoms with Gasteiger partial charge in [-0.2, -0.15) is 0 Å². The summed E-state index contributed by atoms with van der Waals surface area (Å²) in [6, 6.07) is 4.11. The van der Waals surface area contributed by atoms with Crippen molar-refractivity contribution in [1.29, 1.82) is 0 Å². The van der Waals surface area contributed by atoms with Crippen molar-refractivity contribution in [3.63, 3.8) is 0 Å². The fraction of sp³-hybridized carbons (Fsp3) is 0.667. The summed E-state index contributed by atoms with van der Waals surface area (Å²) in [5, 5.41) is 3.44. The van der Waals surface area contributed by atoms with Crippen molar-refractivity contribution in [3.8, 4) is 5.88 Å². The molecular weight excluding hydrogens is 224 g/mol. The molecule has 1 aliphatic carbocycles. The zero-order valence-electron chi connectivity index (χ0n) is 11.5. The van der Waals surface area contributed by atoms with Crippen LogP contribution in [0.3, 0.4) is 0 Å². The lowest BCUT2D eigenvalue weighted by atomic mass is 10.2. The van der Waals surface area contributed by atoms with Gasteiger partial charge in [0.15, 0.2) is 0 Å². The smallest absolute Gasteiger partial charge is 0.213 e. The van der Waals surface area contributed by atoms with E-state index in [1.165, 1.54) is 31.2 Å². The average Bonchev–Trinajstić information content (AvgIpc) is 2.82. The van der Waals surface area contributed by atoms with Gasteiger partial charge in [0.2, 0.25) is 5.88 Å². The Hall–Kier alpha value is -1.09. The molecule has 0 radical (unpaired) electrons. The SMILES string of the molecule is CC(C)CNCc1ccnc(OC2CCCC2)c1. The van der Waals surface area contributed by atoms with E-state index in [-0.39, 0.29) is 0 Å². The van der Waals surface area contributed by atoms with Gasteiger partial charge in [-0.05, 0) is 49.8 Å². The molecule has 1 heterocycles. The van der Waals surface area contributed by atoms with Crippen LogP contribution in [0.5, 0.6) is 5.88 Å². The Bertz CT molecular complexity index is 359.